The van der Waals surface area contributed by atoms with Gasteiger partial charge in [-0.05, 0) is 42.5 Å². The van der Waals surface area contributed by atoms with Crippen LogP contribution in [0.15, 0.2) is 77.0 Å². The molecule has 0 bridgehead atoms. The van der Waals surface area contributed by atoms with Gasteiger partial charge in [0.05, 0.1) is 43.8 Å². The highest BCUT2D eigenvalue weighted by atomic mass is 32.2. The van der Waals surface area contributed by atoms with Gasteiger partial charge >= 0.3 is 0 Å². The summed E-state index contributed by atoms with van der Waals surface area (Å²) in [7, 11) is -2.32. The van der Waals surface area contributed by atoms with Crippen molar-refractivity contribution in [1.29, 1.82) is 0 Å². The molecule has 170 valence electrons. The first-order valence-electron chi connectivity index (χ1n) is 10.5. The van der Waals surface area contributed by atoms with Gasteiger partial charge in [0.2, 0.25) is 9.84 Å². The van der Waals surface area contributed by atoms with E-state index in [1.54, 1.807) is 18.3 Å². The van der Waals surface area contributed by atoms with E-state index in [4.69, 9.17) is 9.47 Å². The molecule has 1 fully saturated rings. The highest BCUT2D eigenvalue weighted by Crippen LogP contribution is 2.26. The number of nitrogens with one attached hydrogen (secondary N) is 1. The van der Waals surface area contributed by atoms with E-state index in [9.17, 15) is 8.42 Å². The molecule has 33 heavy (non-hydrogen) atoms. The molecule has 0 amide bonds. The minimum atomic E-state index is -3.81. The first kappa shape index (κ1) is 21.2. The number of methoxy groups -OCH3 is 1. The quantitative estimate of drug-likeness (QED) is 0.464. The van der Waals surface area contributed by atoms with Gasteiger partial charge < -0.3 is 19.7 Å². The second-order valence-electron chi connectivity index (χ2n) is 7.55. The van der Waals surface area contributed by atoms with Crippen molar-refractivity contribution in [2.75, 3.05) is 43.6 Å². The number of aromatic nitrogens is 3. The molecule has 3 heterocycles. The van der Waals surface area contributed by atoms with Crippen LogP contribution in [0, 0.1) is 0 Å². The number of rotatable bonds is 6. The van der Waals surface area contributed by atoms with Crippen LogP contribution in [-0.2, 0) is 14.6 Å². The highest BCUT2D eigenvalue weighted by molar-refractivity contribution is 7.91. The molecule has 9 nitrogen and oxygen atoms in total. The number of morpholine rings is 1. The maximum Gasteiger partial charge on any atom is 0.224 e. The minimum absolute atomic E-state index is 0.0545. The molecule has 4 aromatic rings. The van der Waals surface area contributed by atoms with Crippen molar-refractivity contribution in [3.05, 3.63) is 67.1 Å². The van der Waals surface area contributed by atoms with Gasteiger partial charge in [-0.2, -0.15) is 0 Å². The van der Waals surface area contributed by atoms with Crippen molar-refractivity contribution in [3.63, 3.8) is 0 Å². The molecule has 1 saturated heterocycles. The van der Waals surface area contributed by atoms with Crippen LogP contribution in [0.5, 0.6) is 5.75 Å². The molecular weight excluding hydrogens is 442 g/mol. The summed E-state index contributed by atoms with van der Waals surface area (Å²) in [6, 6.07) is 14.4. The van der Waals surface area contributed by atoms with Gasteiger partial charge in [-0.15, -0.1) is 0 Å². The normalized spacial score (nSPS) is 14.4. The maximum atomic E-state index is 13.3. The number of nitrogens with zero attached hydrogens (tertiary/aromatic N) is 4. The second-order valence-corrected chi connectivity index (χ2v) is 9.45. The number of hydrogen-bond donors (Lipinski definition) is 1. The highest BCUT2D eigenvalue weighted by Gasteiger charge is 2.23. The van der Waals surface area contributed by atoms with Crippen molar-refractivity contribution >= 4 is 32.7 Å². The van der Waals surface area contributed by atoms with Gasteiger partial charge in [0.1, 0.15) is 11.6 Å². The van der Waals surface area contributed by atoms with E-state index in [-0.39, 0.29) is 9.92 Å². The number of hydrogen-bond acceptors (Lipinski definition) is 8. The van der Waals surface area contributed by atoms with E-state index in [1.807, 2.05) is 24.3 Å². The third kappa shape index (κ3) is 4.22. The number of anilines is 3. The number of fused-ring (bicyclic) bond motifs is 1. The van der Waals surface area contributed by atoms with Crippen LogP contribution in [0.2, 0.25) is 0 Å². The zero-order valence-corrected chi connectivity index (χ0v) is 18.8. The van der Waals surface area contributed by atoms with E-state index >= 15 is 0 Å². The van der Waals surface area contributed by atoms with Crippen molar-refractivity contribution in [1.82, 2.24) is 14.4 Å². The number of benzene rings is 2. The van der Waals surface area contributed by atoms with Crippen molar-refractivity contribution in [3.8, 4) is 5.75 Å². The number of ether oxygens (including phenoxy) is 2. The standard InChI is InChI=1S/C23H23N5O4S/c1-31-19-3-2-4-20(13-19)33(29,30)23-15-25-22-14-24-21(16-28(22)23)26-17-5-7-18(8-6-17)27-9-11-32-12-10-27/h2-8,13-16,26H,9-12H2,1H3. The van der Waals surface area contributed by atoms with E-state index in [0.717, 1.165) is 37.7 Å². The first-order chi connectivity index (χ1) is 16.0. The Kier molecular flexibility index (Phi) is 5.61. The predicted octanol–water partition coefficient (Wildman–Crippen LogP) is 3.15. The summed E-state index contributed by atoms with van der Waals surface area (Å²) >= 11 is 0. The lowest BCUT2D eigenvalue weighted by Crippen LogP contribution is -2.36. The van der Waals surface area contributed by atoms with Crippen LogP contribution in [-0.4, -0.2) is 56.2 Å². The molecule has 0 atom stereocenters. The topological polar surface area (TPSA) is 98.1 Å². The first-order valence-corrected chi connectivity index (χ1v) is 11.9. The van der Waals surface area contributed by atoms with Crippen LogP contribution < -0.4 is 15.0 Å². The van der Waals surface area contributed by atoms with Crippen LogP contribution in [0.3, 0.4) is 0 Å². The second kappa shape index (κ2) is 8.72. The van der Waals surface area contributed by atoms with E-state index in [2.05, 4.69) is 20.2 Å². The monoisotopic (exact) mass is 465 g/mol. The molecule has 0 unspecified atom stereocenters. The van der Waals surface area contributed by atoms with Crippen molar-refractivity contribution in [2.24, 2.45) is 0 Å². The summed E-state index contributed by atoms with van der Waals surface area (Å²) in [5.41, 5.74) is 2.41. The molecule has 2 aromatic heterocycles. The maximum absolute atomic E-state index is 13.3. The van der Waals surface area contributed by atoms with Gasteiger partial charge in [0.25, 0.3) is 0 Å². The zero-order valence-electron chi connectivity index (χ0n) is 18.0. The lowest BCUT2D eigenvalue weighted by molar-refractivity contribution is 0.122. The lowest BCUT2D eigenvalue weighted by atomic mass is 10.2. The van der Waals surface area contributed by atoms with E-state index in [0.29, 0.717) is 17.2 Å². The summed E-state index contributed by atoms with van der Waals surface area (Å²) in [6.07, 6.45) is 4.51. The molecule has 1 aliphatic heterocycles. The molecule has 5 rings (SSSR count). The Bertz CT molecular complexity index is 1380. The Labute approximate surface area is 191 Å². The average molecular weight is 466 g/mol. The van der Waals surface area contributed by atoms with Gasteiger partial charge in [0, 0.05) is 24.5 Å². The smallest absolute Gasteiger partial charge is 0.224 e. The summed E-state index contributed by atoms with van der Waals surface area (Å²) in [6.45, 7) is 3.21. The summed E-state index contributed by atoms with van der Waals surface area (Å²) < 4.78 is 38.6. The largest absolute Gasteiger partial charge is 0.497 e. The fourth-order valence-electron chi connectivity index (χ4n) is 3.74. The molecule has 2 aromatic carbocycles. The Morgan fingerprint density at radius 2 is 1.82 bits per heavy atom. The molecule has 10 heteroatoms. The molecule has 0 spiro atoms. The number of sulfone groups is 1. The fourth-order valence-corrected chi connectivity index (χ4v) is 5.11. The summed E-state index contributed by atoms with van der Waals surface area (Å²) in [5, 5.41) is 3.29. The Morgan fingerprint density at radius 3 is 2.58 bits per heavy atom. The van der Waals surface area contributed by atoms with Gasteiger partial charge in [0.15, 0.2) is 10.7 Å². The Hall–Kier alpha value is -3.63. The minimum Gasteiger partial charge on any atom is -0.497 e. The van der Waals surface area contributed by atoms with E-state index < -0.39 is 9.84 Å². The van der Waals surface area contributed by atoms with Gasteiger partial charge in [-0.25, -0.2) is 18.4 Å². The van der Waals surface area contributed by atoms with E-state index in [1.165, 1.54) is 36.0 Å². The molecular formula is C23H23N5O4S. The zero-order chi connectivity index (χ0) is 22.8. The van der Waals surface area contributed by atoms with Gasteiger partial charge in [-0.1, -0.05) is 6.07 Å². The van der Waals surface area contributed by atoms with Crippen LogP contribution >= 0.6 is 0 Å². The fraction of sp³-hybridized carbons (Fsp3) is 0.217. The molecule has 0 aliphatic carbocycles. The Morgan fingerprint density at radius 1 is 1.03 bits per heavy atom. The van der Waals surface area contributed by atoms with Crippen LogP contribution in [0.4, 0.5) is 17.2 Å². The number of imidazole rings is 1. The van der Waals surface area contributed by atoms with Gasteiger partial charge in [-0.3, -0.25) is 4.40 Å². The SMILES string of the molecule is COc1cccc(S(=O)(=O)c2cnc3cnc(Nc4ccc(N5CCOCC5)cc4)cn23)c1. The van der Waals surface area contributed by atoms with Crippen molar-refractivity contribution < 1.29 is 17.9 Å². The molecule has 1 N–H and O–H groups in total. The molecule has 1 aliphatic rings. The average Bonchev–Trinajstić information content (AvgIpc) is 3.29. The third-order valence-electron chi connectivity index (χ3n) is 5.50. The summed E-state index contributed by atoms with van der Waals surface area (Å²) in [4.78, 5) is 11.0. The predicted molar refractivity (Wildman–Crippen MR) is 124 cm³/mol. The molecule has 0 saturated carbocycles. The van der Waals surface area contributed by atoms with Crippen LogP contribution in [0.25, 0.3) is 5.65 Å². The lowest BCUT2D eigenvalue weighted by Gasteiger charge is -2.28. The van der Waals surface area contributed by atoms with Crippen LogP contribution in [0.1, 0.15) is 0 Å². The Balaban J connectivity index is 1.42. The van der Waals surface area contributed by atoms with Crippen molar-refractivity contribution in [2.45, 2.75) is 9.92 Å². The molecule has 0 radical (unpaired) electrons. The third-order valence-corrected chi connectivity index (χ3v) is 7.23. The summed E-state index contributed by atoms with van der Waals surface area (Å²) in [5.74, 6) is 0.969.